The third kappa shape index (κ3) is 3.52. The number of carbonyl (C=O) groups excluding carboxylic acids is 1. The molecule has 0 saturated carbocycles. The first-order valence-electron chi connectivity index (χ1n) is 6.92. The zero-order valence-electron chi connectivity index (χ0n) is 12.8. The number of para-hydroxylation sites is 1. The summed E-state index contributed by atoms with van der Waals surface area (Å²) < 4.78 is 38.1. The first-order chi connectivity index (χ1) is 11.9. The van der Waals surface area contributed by atoms with Gasteiger partial charge in [-0.25, -0.2) is 14.5 Å². The molecule has 0 fully saturated rings. The molecule has 0 bridgehead atoms. The Balaban J connectivity index is 1.93. The number of rotatable bonds is 4. The second-order valence-electron chi connectivity index (χ2n) is 4.81. The molecule has 3 rings (SSSR count). The molecule has 0 aliphatic heterocycles. The van der Waals surface area contributed by atoms with Crippen LogP contribution in [-0.4, -0.2) is 31.0 Å². The number of methoxy groups -OCH3 is 1. The van der Waals surface area contributed by atoms with Gasteiger partial charge in [-0.1, -0.05) is 29.8 Å². The van der Waals surface area contributed by atoms with Crippen molar-refractivity contribution >= 4 is 33.4 Å². The molecular weight excluding hydrogens is 370 g/mol. The number of aromatic nitrogens is 2. The minimum atomic E-state index is -4.33. The van der Waals surface area contributed by atoms with Gasteiger partial charge in [-0.2, -0.15) is 8.42 Å². The van der Waals surface area contributed by atoms with Crippen molar-refractivity contribution < 1.29 is 22.7 Å². The molecule has 0 radical (unpaired) electrons. The SMILES string of the molecule is COc1ccc2nc(Cl)c(S(=O)(=O)NC(=O)Oc3ccccc3)n2c1. The highest BCUT2D eigenvalue weighted by atomic mass is 35.5. The van der Waals surface area contributed by atoms with E-state index < -0.39 is 21.1 Å². The van der Waals surface area contributed by atoms with Gasteiger partial charge in [-0.05, 0) is 24.3 Å². The lowest BCUT2D eigenvalue weighted by molar-refractivity contribution is 0.207. The van der Waals surface area contributed by atoms with Gasteiger partial charge in [0.15, 0.2) is 10.2 Å². The summed E-state index contributed by atoms with van der Waals surface area (Å²) in [6.07, 6.45) is 0.228. The van der Waals surface area contributed by atoms with E-state index in [-0.39, 0.29) is 16.5 Å². The van der Waals surface area contributed by atoms with E-state index >= 15 is 0 Å². The molecule has 0 aliphatic rings. The molecule has 3 aromatic rings. The third-order valence-corrected chi connectivity index (χ3v) is 4.88. The summed E-state index contributed by atoms with van der Waals surface area (Å²) in [7, 11) is -2.90. The molecule has 0 spiro atoms. The number of hydrogen-bond donors (Lipinski definition) is 1. The Labute approximate surface area is 148 Å². The summed E-state index contributed by atoms with van der Waals surface area (Å²) in [5.41, 5.74) is 0.280. The van der Waals surface area contributed by atoms with E-state index in [4.69, 9.17) is 21.1 Å². The maximum Gasteiger partial charge on any atom is 0.426 e. The van der Waals surface area contributed by atoms with Crippen LogP contribution in [0.5, 0.6) is 11.5 Å². The Morgan fingerprint density at radius 1 is 1.16 bits per heavy atom. The number of amides is 1. The number of carbonyl (C=O) groups is 1. The highest BCUT2D eigenvalue weighted by molar-refractivity contribution is 7.90. The largest absolute Gasteiger partial charge is 0.495 e. The molecule has 1 amide bonds. The number of imidazole rings is 1. The highest BCUT2D eigenvalue weighted by Crippen LogP contribution is 2.25. The zero-order chi connectivity index (χ0) is 18.0. The van der Waals surface area contributed by atoms with Gasteiger partial charge in [0.2, 0.25) is 0 Å². The maximum atomic E-state index is 12.5. The Morgan fingerprint density at radius 2 is 1.88 bits per heavy atom. The van der Waals surface area contributed by atoms with Crippen LogP contribution in [0.1, 0.15) is 0 Å². The molecule has 0 aliphatic carbocycles. The van der Waals surface area contributed by atoms with E-state index in [0.29, 0.717) is 5.75 Å². The topological polar surface area (TPSA) is 99.0 Å². The summed E-state index contributed by atoms with van der Waals surface area (Å²) >= 11 is 5.95. The molecule has 1 N–H and O–H groups in total. The van der Waals surface area contributed by atoms with Gasteiger partial charge in [-0.3, -0.25) is 4.40 Å². The lowest BCUT2D eigenvalue weighted by atomic mass is 10.3. The van der Waals surface area contributed by atoms with Crippen LogP contribution in [0.3, 0.4) is 0 Å². The molecule has 0 atom stereocenters. The van der Waals surface area contributed by atoms with E-state index in [1.807, 2.05) is 0 Å². The Morgan fingerprint density at radius 3 is 2.56 bits per heavy atom. The van der Waals surface area contributed by atoms with Crippen molar-refractivity contribution in [2.45, 2.75) is 5.03 Å². The number of ether oxygens (including phenoxy) is 2. The fraction of sp³-hybridized carbons (Fsp3) is 0.0667. The number of nitrogens with zero attached hydrogens (tertiary/aromatic N) is 2. The standard InChI is InChI=1S/C15H12ClN3O5S/c1-23-11-7-8-12-17-13(16)14(19(12)9-11)25(21,22)18-15(20)24-10-5-3-2-4-6-10/h2-9H,1H3,(H,18,20). The summed E-state index contributed by atoms with van der Waals surface area (Å²) in [6.45, 7) is 0. The fourth-order valence-corrected chi connectivity index (χ4v) is 3.62. The first kappa shape index (κ1) is 17.1. The van der Waals surface area contributed by atoms with Crippen molar-refractivity contribution in [3.63, 3.8) is 0 Å². The number of sulfonamides is 1. The van der Waals surface area contributed by atoms with Gasteiger partial charge >= 0.3 is 6.09 Å². The number of benzene rings is 1. The first-order valence-corrected chi connectivity index (χ1v) is 8.78. The molecule has 8 nitrogen and oxygen atoms in total. The van der Waals surface area contributed by atoms with Crippen LogP contribution in [0, 0.1) is 0 Å². The smallest absolute Gasteiger partial charge is 0.426 e. The average Bonchev–Trinajstić information content (AvgIpc) is 2.90. The summed E-state index contributed by atoms with van der Waals surface area (Å²) in [5.74, 6) is 0.589. The minimum Gasteiger partial charge on any atom is -0.495 e. The monoisotopic (exact) mass is 381 g/mol. The van der Waals surface area contributed by atoms with Gasteiger partial charge in [0, 0.05) is 0 Å². The van der Waals surface area contributed by atoms with Crippen LogP contribution < -0.4 is 14.2 Å². The van der Waals surface area contributed by atoms with Crippen molar-refractivity contribution in [3.8, 4) is 11.5 Å². The summed E-state index contributed by atoms with van der Waals surface area (Å²) in [5, 5.41) is -0.679. The van der Waals surface area contributed by atoms with E-state index in [2.05, 4.69) is 4.98 Å². The lowest BCUT2D eigenvalue weighted by Crippen LogP contribution is -2.33. The van der Waals surface area contributed by atoms with Gasteiger partial charge < -0.3 is 9.47 Å². The Hall–Kier alpha value is -2.78. The molecular formula is C15H12ClN3O5S. The molecule has 130 valence electrons. The molecule has 2 aromatic heterocycles. The van der Waals surface area contributed by atoms with Crippen LogP contribution in [0.25, 0.3) is 5.65 Å². The van der Waals surface area contributed by atoms with Gasteiger partial charge in [0.05, 0.1) is 13.3 Å². The fourth-order valence-electron chi connectivity index (χ4n) is 2.11. The van der Waals surface area contributed by atoms with Crippen LogP contribution in [-0.2, 0) is 10.0 Å². The second-order valence-corrected chi connectivity index (χ2v) is 6.77. The third-order valence-electron chi connectivity index (χ3n) is 3.17. The van der Waals surface area contributed by atoms with Gasteiger partial charge in [-0.15, -0.1) is 0 Å². The van der Waals surface area contributed by atoms with Crippen LogP contribution in [0.4, 0.5) is 4.79 Å². The minimum absolute atomic E-state index is 0.195. The second kappa shape index (κ2) is 6.61. The van der Waals surface area contributed by atoms with Crippen molar-refractivity contribution in [2.24, 2.45) is 0 Å². The van der Waals surface area contributed by atoms with Gasteiger partial charge in [0.1, 0.15) is 17.1 Å². The van der Waals surface area contributed by atoms with E-state index in [1.54, 1.807) is 29.0 Å². The normalized spacial score (nSPS) is 11.3. The molecule has 10 heteroatoms. The predicted molar refractivity (Wildman–Crippen MR) is 89.5 cm³/mol. The van der Waals surface area contributed by atoms with Crippen molar-refractivity contribution in [3.05, 3.63) is 53.8 Å². The summed E-state index contributed by atoms with van der Waals surface area (Å²) in [4.78, 5) is 15.8. The van der Waals surface area contributed by atoms with Crippen molar-refractivity contribution in [1.82, 2.24) is 14.1 Å². The van der Waals surface area contributed by atoms with Crippen LogP contribution in [0.15, 0.2) is 53.7 Å². The van der Waals surface area contributed by atoms with E-state index in [9.17, 15) is 13.2 Å². The van der Waals surface area contributed by atoms with E-state index in [0.717, 1.165) is 0 Å². The molecule has 2 heterocycles. The van der Waals surface area contributed by atoms with Crippen LogP contribution in [0.2, 0.25) is 5.15 Å². The number of hydrogen-bond acceptors (Lipinski definition) is 6. The molecule has 0 unspecified atom stereocenters. The van der Waals surface area contributed by atoms with Gasteiger partial charge in [0.25, 0.3) is 10.0 Å². The number of fused-ring (bicyclic) bond motifs is 1. The number of nitrogens with one attached hydrogen (secondary N) is 1. The van der Waals surface area contributed by atoms with Crippen molar-refractivity contribution in [1.29, 1.82) is 0 Å². The van der Waals surface area contributed by atoms with E-state index in [1.165, 1.54) is 35.9 Å². The predicted octanol–water partition coefficient (Wildman–Crippen LogP) is 2.47. The van der Waals surface area contributed by atoms with Crippen LogP contribution >= 0.6 is 11.6 Å². The maximum absolute atomic E-state index is 12.5. The Bertz CT molecular complexity index is 1030. The number of pyridine rings is 1. The quantitative estimate of drug-likeness (QED) is 0.745. The zero-order valence-corrected chi connectivity index (χ0v) is 14.4. The molecule has 1 aromatic carbocycles. The Kier molecular flexibility index (Phi) is 4.51. The summed E-state index contributed by atoms with van der Waals surface area (Å²) in [6, 6.07) is 11.2. The van der Waals surface area contributed by atoms with Crippen molar-refractivity contribution in [2.75, 3.05) is 7.11 Å². The molecule has 25 heavy (non-hydrogen) atoms. The highest BCUT2D eigenvalue weighted by Gasteiger charge is 2.27. The lowest BCUT2D eigenvalue weighted by Gasteiger charge is -2.08. The molecule has 0 saturated heterocycles. The average molecular weight is 382 g/mol. The number of halogens is 1.